The van der Waals surface area contributed by atoms with Gasteiger partial charge < -0.3 is 4.57 Å². The molecular weight excluding hydrogens is 374 g/mol. The van der Waals surface area contributed by atoms with Gasteiger partial charge in [0.1, 0.15) is 12.2 Å². The van der Waals surface area contributed by atoms with Gasteiger partial charge in [-0.1, -0.05) is 54.6 Å². The fraction of sp³-hybridized carbons (Fsp3) is 0.0833. The largest absolute Gasteiger partial charge is 0.313 e. The van der Waals surface area contributed by atoms with Crippen LogP contribution in [0.5, 0.6) is 0 Å². The molecule has 4 aromatic rings. The number of hydrazone groups is 1. The number of aromatic nitrogens is 3. The molecule has 2 aromatic carbocycles. The molecular formula is C24H21N5O. The number of benzene rings is 2. The zero-order chi connectivity index (χ0) is 20.8. The van der Waals surface area contributed by atoms with Crippen molar-refractivity contribution in [2.45, 2.75) is 13.5 Å². The number of nitrogens with one attached hydrogen (secondary N) is 1. The number of hydrogen-bond acceptors (Lipinski definition) is 4. The van der Waals surface area contributed by atoms with E-state index in [-0.39, 0.29) is 12.5 Å². The van der Waals surface area contributed by atoms with Crippen LogP contribution in [0.4, 0.5) is 0 Å². The Morgan fingerprint density at radius 1 is 1.03 bits per heavy atom. The summed E-state index contributed by atoms with van der Waals surface area (Å²) < 4.78 is 1.86. The van der Waals surface area contributed by atoms with Gasteiger partial charge in [-0.05, 0) is 42.8 Å². The van der Waals surface area contributed by atoms with Crippen LogP contribution < -0.4 is 5.43 Å². The van der Waals surface area contributed by atoms with Gasteiger partial charge in [0.25, 0.3) is 5.91 Å². The van der Waals surface area contributed by atoms with Crippen LogP contribution in [0, 0.1) is 0 Å². The van der Waals surface area contributed by atoms with Crippen molar-refractivity contribution in [1.82, 2.24) is 20.0 Å². The monoisotopic (exact) mass is 395 g/mol. The summed E-state index contributed by atoms with van der Waals surface area (Å²) in [5.74, 6) is 0.416. The minimum atomic E-state index is -0.234. The van der Waals surface area contributed by atoms with Gasteiger partial charge in [-0.15, -0.1) is 0 Å². The highest BCUT2D eigenvalue weighted by Gasteiger charge is 2.15. The van der Waals surface area contributed by atoms with Crippen LogP contribution in [-0.4, -0.2) is 26.2 Å². The summed E-state index contributed by atoms with van der Waals surface area (Å²) in [4.78, 5) is 21.7. The van der Waals surface area contributed by atoms with Crippen LogP contribution in [-0.2, 0) is 11.3 Å². The van der Waals surface area contributed by atoms with Crippen LogP contribution in [0.25, 0.3) is 28.6 Å². The maximum absolute atomic E-state index is 12.6. The van der Waals surface area contributed by atoms with Gasteiger partial charge in [0, 0.05) is 6.20 Å². The molecule has 148 valence electrons. The summed E-state index contributed by atoms with van der Waals surface area (Å²) in [6.07, 6.45) is 5.53. The number of fused-ring (bicyclic) bond motifs is 1. The minimum absolute atomic E-state index is 0.0889. The number of imidazole rings is 1. The highest BCUT2D eigenvalue weighted by atomic mass is 16.2. The summed E-state index contributed by atoms with van der Waals surface area (Å²) in [5, 5.41) is 4.18. The Labute approximate surface area is 174 Å². The molecule has 30 heavy (non-hydrogen) atoms. The summed E-state index contributed by atoms with van der Waals surface area (Å²) in [7, 11) is 0. The molecule has 0 fully saturated rings. The lowest BCUT2D eigenvalue weighted by Crippen LogP contribution is -2.24. The predicted molar refractivity (Wildman–Crippen MR) is 120 cm³/mol. The van der Waals surface area contributed by atoms with Crippen LogP contribution in [0.15, 0.2) is 90.2 Å². The molecule has 2 aromatic heterocycles. The van der Waals surface area contributed by atoms with E-state index in [9.17, 15) is 4.79 Å². The molecule has 4 rings (SSSR count). The number of carbonyl (C=O) groups excluding carboxylic acids is 1. The Bertz CT molecular complexity index is 1210. The van der Waals surface area contributed by atoms with Crippen LogP contribution in [0.1, 0.15) is 12.5 Å². The number of carbonyl (C=O) groups is 1. The second kappa shape index (κ2) is 8.96. The SMILES string of the molecule is CC(/C=C/c1ccccc1)=N/NC(=O)Cn1c(-c2ccccn2)nc2ccccc21. The molecule has 6 heteroatoms. The summed E-state index contributed by atoms with van der Waals surface area (Å²) >= 11 is 0. The van der Waals surface area contributed by atoms with E-state index in [1.165, 1.54) is 0 Å². The zero-order valence-electron chi connectivity index (χ0n) is 16.6. The average Bonchev–Trinajstić information content (AvgIpc) is 3.16. The molecule has 2 heterocycles. The molecule has 0 aliphatic heterocycles. The summed E-state index contributed by atoms with van der Waals surface area (Å²) in [6, 6.07) is 23.3. The minimum Gasteiger partial charge on any atom is -0.313 e. The third-order valence-electron chi connectivity index (χ3n) is 4.52. The molecule has 0 aliphatic carbocycles. The molecule has 0 aliphatic rings. The Balaban J connectivity index is 1.52. The van der Waals surface area contributed by atoms with E-state index in [4.69, 9.17) is 0 Å². The van der Waals surface area contributed by atoms with E-state index >= 15 is 0 Å². The molecule has 0 saturated carbocycles. The summed E-state index contributed by atoms with van der Waals surface area (Å²) in [6.45, 7) is 1.93. The van der Waals surface area contributed by atoms with Crippen molar-refractivity contribution in [3.05, 3.63) is 90.6 Å². The smallest absolute Gasteiger partial charge is 0.260 e. The first kappa shape index (κ1) is 19.3. The normalized spacial score (nSPS) is 11.8. The zero-order valence-corrected chi connectivity index (χ0v) is 16.6. The molecule has 0 bridgehead atoms. The third-order valence-corrected chi connectivity index (χ3v) is 4.52. The maximum atomic E-state index is 12.6. The molecule has 0 unspecified atom stereocenters. The highest BCUT2D eigenvalue weighted by molar-refractivity contribution is 5.97. The van der Waals surface area contributed by atoms with Gasteiger partial charge in [-0.2, -0.15) is 5.10 Å². The van der Waals surface area contributed by atoms with Crippen molar-refractivity contribution in [2.24, 2.45) is 5.10 Å². The second-order valence-electron chi connectivity index (χ2n) is 6.76. The van der Waals surface area contributed by atoms with Gasteiger partial charge in [0.05, 0.1) is 16.7 Å². The van der Waals surface area contributed by atoms with Gasteiger partial charge in [0.15, 0.2) is 5.82 Å². The average molecular weight is 395 g/mol. The van der Waals surface area contributed by atoms with Crippen molar-refractivity contribution in [2.75, 3.05) is 0 Å². The van der Waals surface area contributed by atoms with Crippen molar-refractivity contribution in [3.63, 3.8) is 0 Å². The third kappa shape index (κ3) is 4.50. The standard InChI is InChI=1S/C24H21N5O/c1-18(14-15-19-9-3-2-4-10-19)27-28-23(30)17-29-22-13-6-5-11-20(22)26-24(29)21-12-7-8-16-25-21/h2-16H,17H2,1H3,(H,28,30)/b15-14+,27-18-. The fourth-order valence-corrected chi connectivity index (χ4v) is 3.07. The fourth-order valence-electron chi connectivity index (χ4n) is 3.07. The topological polar surface area (TPSA) is 72.2 Å². The molecule has 0 saturated heterocycles. The van der Waals surface area contributed by atoms with E-state index in [1.54, 1.807) is 6.20 Å². The Hall–Kier alpha value is -4.06. The van der Waals surface area contributed by atoms with Crippen molar-refractivity contribution in [3.8, 4) is 11.5 Å². The van der Waals surface area contributed by atoms with E-state index < -0.39 is 0 Å². The molecule has 0 radical (unpaired) electrons. The van der Waals surface area contributed by atoms with E-state index in [2.05, 4.69) is 20.5 Å². The Morgan fingerprint density at radius 3 is 2.60 bits per heavy atom. The Kier molecular flexibility index (Phi) is 5.75. The van der Waals surface area contributed by atoms with E-state index in [1.807, 2.05) is 96.4 Å². The number of pyridine rings is 1. The van der Waals surface area contributed by atoms with E-state index in [0.717, 1.165) is 16.6 Å². The lowest BCUT2D eigenvalue weighted by Gasteiger charge is -2.08. The predicted octanol–water partition coefficient (Wildman–Crippen LogP) is 4.30. The molecule has 0 spiro atoms. The number of para-hydroxylation sites is 2. The van der Waals surface area contributed by atoms with Crippen LogP contribution >= 0.6 is 0 Å². The summed E-state index contributed by atoms with van der Waals surface area (Å²) in [5.41, 5.74) is 6.81. The number of hydrogen-bond donors (Lipinski definition) is 1. The molecule has 1 amide bonds. The van der Waals surface area contributed by atoms with Gasteiger partial charge >= 0.3 is 0 Å². The molecule has 6 nitrogen and oxygen atoms in total. The highest BCUT2D eigenvalue weighted by Crippen LogP contribution is 2.23. The van der Waals surface area contributed by atoms with Gasteiger partial charge in [0.2, 0.25) is 0 Å². The lowest BCUT2D eigenvalue weighted by atomic mass is 10.2. The van der Waals surface area contributed by atoms with Crippen LogP contribution in [0.3, 0.4) is 0 Å². The molecule has 0 atom stereocenters. The molecule has 1 N–H and O–H groups in total. The number of allylic oxidation sites excluding steroid dienone is 1. The first-order valence-electron chi connectivity index (χ1n) is 9.63. The quantitative estimate of drug-likeness (QED) is 0.391. The number of nitrogens with zero attached hydrogens (tertiary/aromatic N) is 4. The van der Waals surface area contributed by atoms with Crippen molar-refractivity contribution < 1.29 is 4.79 Å². The van der Waals surface area contributed by atoms with Crippen LogP contribution in [0.2, 0.25) is 0 Å². The Morgan fingerprint density at radius 2 is 1.80 bits per heavy atom. The van der Waals surface area contributed by atoms with Gasteiger partial charge in [-0.3, -0.25) is 9.78 Å². The number of rotatable bonds is 6. The lowest BCUT2D eigenvalue weighted by molar-refractivity contribution is -0.121. The first-order valence-corrected chi connectivity index (χ1v) is 9.63. The first-order chi connectivity index (χ1) is 14.7. The van der Waals surface area contributed by atoms with Crippen molar-refractivity contribution in [1.29, 1.82) is 0 Å². The van der Waals surface area contributed by atoms with E-state index in [0.29, 0.717) is 17.2 Å². The second-order valence-corrected chi connectivity index (χ2v) is 6.76. The maximum Gasteiger partial charge on any atom is 0.260 e. The number of amides is 1. The van der Waals surface area contributed by atoms with Gasteiger partial charge in [-0.25, -0.2) is 10.4 Å². The van der Waals surface area contributed by atoms with Crippen molar-refractivity contribution >= 4 is 28.7 Å².